The predicted molar refractivity (Wildman–Crippen MR) is 530 cm³/mol. The molecule has 0 unspecified atom stereocenters. The van der Waals surface area contributed by atoms with Crippen molar-refractivity contribution in [2.45, 2.75) is 271 Å². The van der Waals surface area contributed by atoms with Gasteiger partial charge in [0.05, 0.1) is 91.0 Å². The van der Waals surface area contributed by atoms with E-state index >= 15 is 0 Å². The summed E-state index contributed by atoms with van der Waals surface area (Å²) in [6, 6.07) is 0. The highest BCUT2D eigenvalue weighted by Gasteiger charge is 2.23. The van der Waals surface area contributed by atoms with Crippen LogP contribution >= 0.6 is 0 Å². The van der Waals surface area contributed by atoms with Gasteiger partial charge in [0.2, 0.25) is 0 Å². The Hall–Kier alpha value is -13.2. The highest BCUT2D eigenvalue weighted by molar-refractivity contribution is 5.74. The van der Waals surface area contributed by atoms with Gasteiger partial charge in [0.15, 0.2) is 78.1 Å². The SMILES string of the molecule is [2H]C([2H])(CCCn1c(=O)c2c(ncn2C([2H])([2H])[2H])n(C)c1=O)[C@H](C)O.[2H]C([2H])(CCCn1c(=O)c2c(ncn2C)n(C([2H])([2H])[2H])c1=O)[C@H](C)O.[2H]C([2H])(CCCn1c(=O)c2c(ncn2C)n(C)c1=O)[C@H](C)O.[2H]C([2H])(CCCn1c(=O)c2c(ncn2C)n(C)c1=O)[C@]([2H])(C)O.[2H]C([2H])(CCCn1c(=O)c2c(ncn2C)n(C)c1=O)[C@]([2H])(C)O.[2H]C([2H])([2H])n1c(=O)n(CCCC([2H])([2H])[C@]([2H])(C)O)c(=O)c2c1ncn2C.[2H]c1nc2c(c(=O)n(CCCC([2H])([2H])[C@H](C)O)c(=O)n2C([2H])([2H])[2H])n1C([2H])([2H])[2H]. The van der Waals surface area contributed by atoms with Gasteiger partial charge in [-0.3, -0.25) is 97.5 Å². The van der Waals surface area contributed by atoms with E-state index in [2.05, 4.69) is 34.9 Å². The maximum absolute atomic E-state index is 12.8. The average Bonchev–Trinajstić information content (AvgIpc) is 1.58. The monoisotopic (exact) mass is 1990 g/mol. The molecule has 0 spiro atoms. The molecule has 0 aliphatic carbocycles. The van der Waals surface area contributed by atoms with Gasteiger partial charge in [-0.1, -0.05) is 0 Å². The van der Waals surface area contributed by atoms with Crippen LogP contribution in [-0.2, 0) is 144 Å². The molecular weight excluding hydrogens is 1820 g/mol. The van der Waals surface area contributed by atoms with Crippen molar-refractivity contribution in [2.24, 2.45) is 98.3 Å². The van der Waals surface area contributed by atoms with Crippen molar-refractivity contribution in [1.82, 2.24) is 131 Å². The first kappa shape index (κ1) is 72.1. The fourth-order valence-corrected chi connectivity index (χ4v) is 14.1. The zero-order valence-corrected chi connectivity index (χ0v) is 80.0. The summed E-state index contributed by atoms with van der Waals surface area (Å²) in [5.41, 5.74) is -10.7. The van der Waals surface area contributed by atoms with Gasteiger partial charge < -0.3 is 67.7 Å². The topological polar surface area (TPSA) is 574 Å². The molecule has 49 heteroatoms. The number of aryl methyl sites for hydroxylation is 14. The Bertz CT molecular complexity index is 9010. The third kappa shape index (κ3) is 26.9. The van der Waals surface area contributed by atoms with Crippen LogP contribution in [0.5, 0.6) is 0 Å². The van der Waals surface area contributed by atoms with Gasteiger partial charge in [0.1, 0.15) is 1.37 Å². The molecule has 0 radical (unpaired) electrons. The molecule has 0 saturated carbocycles. The molecule has 7 atom stereocenters. The summed E-state index contributed by atoms with van der Waals surface area (Å²) < 4.78 is 271. The van der Waals surface area contributed by atoms with Crippen LogP contribution in [-0.4, -0.2) is 209 Å². The Morgan fingerprint density at radius 3 is 0.593 bits per heavy atom. The van der Waals surface area contributed by atoms with Crippen LogP contribution < -0.4 is 78.7 Å². The van der Waals surface area contributed by atoms with Crippen LogP contribution in [0.25, 0.3) is 78.1 Å². The Labute approximate surface area is 848 Å². The van der Waals surface area contributed by atoms with Crippen molar-refractivity contribution in [3.05, 3.63) is 190 Å². The number of rotatable bonds is 35. The minimum atomic E-state index is -3.11. The average molecular weight is 2000 g/mol. The first-order chi connectivity index (χ1) is 78.5. The summed E-state index contributed by atoms with van der Waals surface area (Å²) in [7, 11) is 13.9. The van der Waals surface area contributed by atoms with Crippen molar-refractivity contribution in [1.29, 1.82) is 0 Å². The van der Waals surface area contributed by atoms with E-state index in [4.69, 9.17) is 45.2 Å². The van der Waals surface area contributed by atoms with Gasteiger partial charge in [0, 0.05) is 184 Å². The van der Waals surface area contributed by atoms with E-state index in [0.717, 1.165) is 59.1 Å². The van der Waals surface area contributed by atoms with Gasteiger partial charge in [0.25, 0.3) is 38.9 Å². The number of nitrogens with zero attached hydrogens (tertiary/aromatic N) is 28. The molecular formula is C91H140N28O21. The lowest BCUT2D eigenvalue weighted by Gasteiger charge is -2.09. The third-order valence-corrected chi connectivity index (χ3v) is 21.2. The van der Waals surface area contributed by atoms with Crippen molar-refractivity contribution in [3.8, 4) is 0 Å². The second kappa shape index (κ2) is 50.6. The highest BCUT2D eigenvalue weighted by Crippen LogP contribution is 2.14. The summed E-state index contributed by atoms with van der Waals surface area (Å²) in [6.45, 7) is -6.85. The molecule has 0 fully saturated rings. The normalized spacial score (nSPS) is 18.3. The largest absolute Gasteiger partial charge is 0.393 e. The molecule has 7 N–H and O–H groups in total. The predicted octanol–water partition coefficient (Wildman–Crippen LogP) is -0.106. The number of imidazole rings is 7. The second-order valence-electron chi connectivity index (χ2n) is 32.1. The maximum Gasteiger partial charge on any atom is 0.332 e. The quantitative estimate of drug-likeness (QED) is 0.0272. The lowest BCUT2D eigenvalue weighted by Crippen LogP contribution is -2.39. The first-order valence-electron chi connectivity index (χ1n) is 60.0. The Balaban J connectivity index is 0.000000243. The van der Waals surface area contributed by atoms with E-state index in [1.165, 1.54) is 127 Å². The molecule has 14 aromatic rings. The second-order valence-corrected chi connectivity index (χ2v) is 32.1. The summed E-state index contributed by atoms with van der Waals surface area (Å²) in [6.07, 6.45) is -19.1. The molecule has 0 aromatic carbocycles. The van der Waals surface area contributed by atoms with E-state index in [0.29, 0.717) is 51.8 Å². The number of hydrogen-bond acceptors (Lipinski definition) is 28. The number of hydrogen-bond donors (Lipinski definition) is 7. The molecule has 0 bridgehead atoms. The van der Waals surface area contributed by atoms with Crippen LogP contribution in [0.2, 0.25) is 0 Å². The van der Waals surface area contributed by atoms with Crippen LogP contribution in [0.1, 0.15) is 228 Å². The lowest BCUT2D eigenvalue weighted by molar-refractivity contribution is 0.179. The van der Waals surface area contributed by atoms with Crippen LogP contribution in [0.4, 0.5) is 0 Å². The highest BCUT2D eigenvalue weighted by atomic mass is 16.3. The van der Waals surface area contributed by atoms with Crippen LogP contribution in [0, 0.1) is 0 Å². The molecule has 770 valence electrons. The van der Waals surface area contributed by atoms with Crippen molar-refractivity contribution >= 4 is 78.1 Å². The van der Waals surface area contributed by atoms with Crippen LogP contribution in [0.3, 0.4) is 0 Å². The van der Waals surface area contributed by atoms with Gasteiger partial charge in [-0.05, 0) is 183 Å². The number of aliphatic hydroxyl groups is 7. The summed E-state index contributed by atoms with van der Waals surface area (Å²) >= 11 is 0. The summed E-state index contributed by atoms with van der Waals surface area (Å²) in [4.78, 5) is 202. The van der Waals surface area contributed by atoms with Crippen molar-refractivity contribution in [2.75, 3.05) is 0 Å². The minimum Gasteiger partial charge on any atom is -0.393 e. The van der Waals surface area contributed by atoms with E-state index in [1.807, 2.05) is 0 Å². The van der Waals surface area contributed by atoms with E-state index in [9.17, 15) is 103 Å². The van der Waals surface area contributed by atoms with Gasteiger partial charge in [-0.2, -0.15) is 0 Å². The smallest absolute Gasteiger partial charge is 0.332 e. The molecule has 0 aliphatic rings. The van der Waals surface area contributed by atoms with E-state index in [-0.39, 0.29) is 172 Å². The zero-order chi connectivity index (χ0) is 133. The number of aromatic nitrogens is 28. The van der Waals surface area contributed by atoms with E-state index < -0.39 is 225 Å². The molecule has 0 saturated heterocycles. The maximum atomic E-state index is 12.8. The minimum absolute atomic E-state index is 0.00220. The molecule has 49 nitrogen and oxygen atoms in total. The Morgan fingerprint density at radius 1 is 0.243 bits per heavy atom. The Morgan fingerprint density at radius 2 is 0.407 bits per heavy atom. The summed E-state index contributed by atoms with van der Waals surface area (Å²) in [5.74, 6) is 0. The van der Waals surface area contributed by atoms with E-state index in [1.54, 1.807) is 32.8 Å². The summed E-state index contributed by atoms with van der Waals surface area (Å²) in [5, 5.41) is 66.1. The fourth-order valence-electron chi connectivity index (χ4n) is 14.1. The molecule has 0 aliphatic heterocycles. The zero-order valence-electron chi connectivity index (χ0n) is 113. The first-order valence-corrected chi connectivity index (χ1v) is 43.5. The molecule has 14 aromatic heterocycles. The number of aliphatic hydroxyl groups excluding tert-OH is 4. The van der Waals surface area contributed by atoms with Crippen LogP contribution in [0.15, 0.2) is 111 Å². The van der Waals surface area contributed by atoms with Crippen molar-refractivity contribution < 1.29 is 81.0 Å². The third-order valence-electron chi connectivity index (χ3n) is 21.2. The molecule has 140 heavy (non-hydrogen) atoms. The number of fused-ring (bicyclic) bond motifs is 7. The van der Waals surface area contributed by atoms with Gasteiger partial charge in [-0.25, -0.2) is 68.4 Å². The fraction of sp³-hybridized carbons (Fsp3) is 0.615. The lowest BCUT2D eigenvalue weighted by atomic mass is 10.2. The van der Waals surface area contributed by atoms with Gasteiger partial charge in [-0.15, -0.1) is 0 Å². The molecule has 14 heterocycles. The van der Waals surface area contributed by atoms with Gasteiger partial charge >= 0.3 is 39.8 Å². The molecule has 14 rings (SSSR count). The van der Waals surface area contributed by atoms with Crippen molar-refractivity contribution in [3.63, 3.8) is 0 Å². The molecule has 0 amide bonds. The Kier molecular flexibility index (Phi) is 26.0. The standard InChI is InChI=1S/7C13H20N4O3/c7*1-9(18)6-4-5-7-17-12(19)10-11(14-8-15(10)2)16(3)13(17)20/h7*8-9,18H,4-7H2,1-3H3/t7*9-/m0000000/s1/i2D3,3D3,6D2,8D;3D3,6D2,9D;2*6D2,9D;3D3,6D2;2D3,6D2;6D2.